The van der Waals surface area contributed by atoms with E-state index in [2.05, 4.69) is 10.2 Å². The van der Waals surface area contributed by atoms with Crippen LogP contribution in [-0.4, -0.2) is 60.9 Å². The Morgan fingerprint density at radius 3 is 2.71 bits per heavy atom. The van der Waals surface area contributed by atoms with Crippen LogP contribution in [0, 0.1) is 0 Å². The van der Waals surface area contributed by atoms with Gasteiger partial charge in [0.25, 0.3) is 5.91 Å². The second kappa shape index (κ2) is 10.1. The van der Waals surface area contributed by atoms with Gasteiger partial charge < -0.3 is 19.5 Å². The van der Waals surface area contributed by atoms with Crippen LogP contribution in [0.15, 0.2) is 23.0 Å². The summed E-state index contributed by atoms with van der Waals surface area (Å²) < 4.78 is 4.97. The summed E-state index contributed by atoms with van der Waals surface area (Å²) in [5, 5.41) is 2.96. The molecule has 1 saturated heterocycles. The van der Waals surface area contributed by atoms with Crippen LogP contribution in [0.5, 0.6) is 0 Å². The molecule has 2 heterocycles. The van der Waals surface area contributed by atoms with Crippen molar-refractivity contribution in [2.45, 2.75) is 39.0 Å². The molecule has 0 aromatic carbocycles. The number of furan rings is 1. The van der Waals surface area contributed by atoms with Gasteiger partial charge in [0.1, 0.15) is 6.26 Å². The van der Waals surface area contributed by atoms with Gasteiger partial charge in [0.05, 0.1) is 11.8 Å². The summed E-state index contributed by atoms with van der Waals surface area (Å²) in [7, 11) is 0. The van der Waals surface area contributed by atoms with Crippen molar-refractivity contribution in [1.29, 1.82) is 0 Å². The molecule has 1 aliphatic heterocycles. The Kier molecular flexibility index (Phi) is 7.82. The number of carbonyl (C=O) groups excluding carboxylic acids is 2. The van der Waals surface area contributed by atoms with Crippen LogP contribution in [0.1, 0.15) is 49.4 Å². The van der Waals surface area contributed by atoms with E-state index >= 15 is 0 Å². The summed E-state index contributed by atoms with van der Waals surface area (Å²) >= 11 is 0. The molecule has 1 fully saturated rings. The third kappa shape index (κ3) is 6.00. The molecular weight excluding hydrogens is 306 g/mol. The molecule has 24 heavy (non-hydrogen) atoms. The van der Waals surface area contributed by atoms with E-state index < -0.39 is 0 Å². The summed E-state index contributed by atoms with van der Waals surface area (Å²) in [5.41, 5.74) is 0.536. The highest BCUT2D eigenvalue weighted by Gasteiger charge is 2.17. The maximum absolute atomic E-state index is 12.4. The number of hydrogen-bond donors (Lipinski definition) is 1. The molecular formula is C18H29N3O3. The molecule has 0 unspecified atom stereocenters. The van der Waals surface area contributed by atoms with Gasteiger partial charge in [0.15, 0.2) is 0 Å². The lowest BCUT2D eigenvalue weighted by Crippen LogP contribution is -2.39. The van der Waals surface area contributed by atoms with E-state index in [0.29, 0.717) is 31.6 Å². The van der Waals surface area contributed by atoms with Gasteiger partial charge in [-0.1, -0.05) is 13.3 Å². The van der Waals surface area contributed by atoms with E-state index in [0.717, 1.165) is 26.1 Å². The van der Waals surface area contributed by atoms with E-state index in [1.54, 1.807) is 11.0 Å². The van der Waals surface area contributed by atoms with Crippen LogP contribution in [0.2, 0.25) is 0 Å². The van der Waals surface area contributed by atoms with Crippen molar-refractivity contribution >= 4 is 11.8 Å². The van der Waals surface area contributed by atoms with Crippen molar-refractivity contribution in [3.63, 3.8) is 0 Å². The average molecular weight is 335 g/mol. The molecule has 0 bridgehead atoms. The lowest BCUT2D eigenvalue weighted by molar-refractivity contribution is -0.121. The SMILES string of the molecule is CCCN(CCC(=O)NCCN1CCCCC1)C(=O)c1ccoc1. The fraction of sp³-hybridized carbons (Fsp3) is 0.667. The van der Waals surface area contributed by atoms with Crippen molar-refractivity contribution in [3.05, 3.63) is 24.2 Å². The number of piperidine rings is 1. The summed E-state index contributed by atoms with van der Waals surface area (Å²) in [6.45, 7) is 6.98. The van der Waals surface area contributed by atoms with E-state index in [4.69, 9.17) is 4.42 Å². The van der Waals surface area contributed by atoms with E-state index in [9.17, 15) is 9.59 Å². The first-order valence-corrected chi connectivity index (χ1v) is 9.01. The van der Waals surface area contributed by atoms with Crippen molar-refractivity contribution in [2.24, 2.45) is 0 Å². The van der Waals surface area contributed by atoms with Gasteiger partial charge >= 0.3 is 0 Å². The Hall–Kier alpha value is -1.82. The van der Waals surface area contributed by atoms with Crippen LogP contribution >= 0.6 is 0 Å². The maximum atomic E-state index is 12.4. The molecule has 2 amide bonds. The Balaban J connectivity index is 1.68. The minimum absolute atomic E-state index is 0.00751. The number of hydrogen-bond acceptors (Lipinski definition) is 4. The van der Waals surface area contributed by atoms with E-state index in [1.807, 2.05) is 6.92 Å². The molecule has 2 rings (SSSR count). The van der Waals surface area contributed by atoms with Gasteiger partial charge in [0.2, 0.25) is 5.91 Å². The van der Waals surface area contributed by atoms with Crippen LogP contribution in [0.25, 0.3) is 0 Å². The smallest absolute Gasteiger partial charge is 0.257 e. The normalized spacial score (nSPS) is 15.2. The van der Waals surface area contributed by atoms with Gasteiger partial charge in [-0.3, -0.25) is 9.59 Å². The minimum Gasteiger partial charge on any atom is -0.472 e. The Bertz CT molecular complexity index is 496. The fourth-order valence-electron chi connectivity index (χ4n) is 3.01. The van der Waals surface area contributed by atoms with E-state index in [-0.39, 0.29) is 11.8 Å². The molecule has 0 saturated carbocycles. The van der Waals surface area contributed by atoms with Gasteiger partial charge in [-0.05, 0) is 38.4 Å². The van der Waals surface area contributed by atoms with Gasteiger partial charge in [-0.15, -0.1) is 0 Å². The molecule has 1 N–H and O–H groups in total. The summed E-state index contributed by atoms with van der Waals surface area (Å²) in [6.07, 6.45) is 7.98. The molecule has 1 aromatic rings. The largest absolute Gasteiger partial charge is 0.472 e. The monoisotopic (exact) mass is 335 g/mol. The number of likely N-dealkylation sites (tertiary alicyclic amines) is 1. The molecule has 6 nitrogen and oxygen atoms in total. The van der Waals surface area contributed by atoms with Gasteiger partial charge in [-0.25, -0.2) is 0 Å². The number of nitrogens with zero attached hydrogens (tertiary/aromatic N) is 2. The second-order valence-electron chi connectivity index (χ2n) is 6.31. The summed E-state index contributed by atoms with van der Waals surface area (Å²) in [4.78, 5) is 28.5. The Labute approximate surface area is 144 Å². The zero-order valence-electron chi connectivity index (χ0n) is 14.6. The van der Waals surface area contributed by atoms with Crippen LogP contribution in [0.3, 0.4) is 0 Å². The lowest BCUT2D eigenvalue weighted by Gasteiger charge is -2.26. The number of amides is 2. The first kappa shape index (κ1) is 18.5. The first-order valence-electron chi connectivity index (χ1n) is 9.01. The first-order chi connectivity index (χ1) is 11.7. The Morgan fingerprint density at radius 1 is 1.25 bits per heavy atom. The zero-order valence-corrected chi connectivity index (χ0v) is 14.6. The third-order valence-corrected chi connectivity index (χ3v) is 4.36. The highest BCUT2D eigenvalue weighted by molar-refractivity contribution is 5.94. The average Bonchev–Trinajstić information content (AvgIpc) is 3.13. The standard InChI is InChI=1S/C18H29N3O3/c1-2-9-21(18(23)16-7-14-24-15-16)12-6-17(22)19-8-13-20-10-4-3-5-11-20/h7,14-15H,2-6,8-13H2,1H3,(H,19,22). The minimum atomic E-state index is -0.0771. The summed E-state index contributed by atoms with van der Waals surface area (Å²) in [6, 6.07) is 1.66. The topological polar surface area (TPSA) is 65.8 Å². The quantitative estimate of drug-likeness (QED) is 0.751. The maximum Gasteiger partial charge on any atom is 0.257 e. The third-order valence-electron chi connectivity index (χ3n) is 4.36. The fourth-order valence-corrected chi connectivity index (χ4v) is 3.01. The number of carbonyl (C=O) groups is 2. The lowest BCUT2D eigenvalue weighted by atomic mass is 10.1. The molecule has 0 radical (unpaired) electrons. The molecule has 1 aliphatic rings. The number of rotatable bonds is 9. The zero-order chi connectivity index (χ0) is 17.2. The van der Waals surface area contributed by atoms with Gasteiger partial charge in [0, 0.05) is 32.6 Å². The summed E-state index contributed by atoms with van der Waals surface area (Å²) in [5.74, 6) is -0.0696. The molecule has 0 aliphatic carbocycles. The Morgan fingerprint density at radius 2 is 2.04 bits per heavy atom. The van der Waals surface area contributed by atoms with Crippen molar-refractivity contribution in [1.82, 2.24) is 15.1 Å². The highest BCUT2D eigenvalue weighted by atomic mass is 16.3. The predicted molar refractivity (Wildman–Crippen MR) is 92.8 cm³/mol. The number of nitrogens with one attached hydrogen (secondary N) is 1. The van der Waals surface area contributed by atoms with Crippen molar-refractivity contribution in [2.75, 3.05) is 39.3 Å². The molecule has 1 aromatic heterocycles. The van der Waals surface area contributed by atoms with Crippen molar-refractivity contribution < 1.29 is 14.0 Å². The second-order valence-corrected chi connectivity index (χ2v) is 6.31. The predicted octanol–water partition coefficient (Wildman–Crippen LogP) is 2.12. The highest BCUT2D eigenvalue weighted by Crippen LogP contribution is 2.08. The van der Waals surface area contributed by atoms with Crippen LogP contribution in [0.4, 0.5) is 0 Å². The van der Waals surface area contributed by atoms with Gasteiger partial charge in [-0.2, -0.15) is 0 Å². The molecule has 6 heteroatoms. The molecule has 0 atom stereocenters. The molecule has 0 spiro atoms. The van der Waals surface area contributed by atoms with Crippen LogP contribution < -0.4 is 5.32 Å². The van der Waals surface area contributed by atoms with Crippen molar-refractivity contribution in [3.8, 4) is 0 Å². The van der Waals surface area contributed by atoms with E-state index in [1.165, 1.54) is 31.8 Å². The molecule has 134 valence electrons. The van der Waals surface area contributed by atoms with Crippen LogP contribution in [-0.2, 0) is 4.79 Å².